The number of aromatic amines is 1. The molecule has 0 aliphatic carbocycles. The fraction of sp³-hybridized carbons (Fsp3) is 0.421. The maximum atomic E-state index is 12.4. The van der Waals surface area contributed by atoms with Gasteiger partial charge in [0.05, 0.1) is 6.04 Å². The van der Waals surface area contributed by atoms with Gasteiger partial charge in [-0.2, -0.15) is 0 Å². The van der Waals surface area contributed by atoms with Crippen molar-refractivity contribution in [1.29, 1.82) is 0 Å². The average molecular weight is 340 g/mol. The van der Waals surface area contributed by atoms with Crippen LogP contribution in [-0.2, 0) is 24.2 Å². The maximum Gasteiger partial charge on any atom is 0.251 e. The molecule has 2 aromatic rings. The Balaban J connectivity index is 1.52. The Morgan fingerprint density at radius 1 is 1.36 bits per heavy atom. The van der Waals surface area contributed by atoms with E-state index >= 15 is 0 Å². The van der Waals surface area contributed by atoms with E-state index in [4.69, 9.17) is 0 Å². The molecule has 0 saturated heterocycles. The number of fused-ring (bicyclic) bond motifs is 1. The highest BCUT2D eigenvalue weighted by atomic mass is 16.2. The number of nitrogens with one attached hydrogen (secondary N) is 2. The van der Waals surface area contributed by atoms with E-state index in [0.717, 1.165) is 19.5 Å². The van der Waals surface area contributed by atoms with E-state index in [1.54, 1.807) is 6.92 Å². The Labute approximate surface area is 147 Å². The topological polar surface area (TPSA) is 78.1 Å². The first kappa shape index (κ1) is 17.4. The van der Waals surface area contributed by atoms with Crippen molar-refractivity contribution in [3.63, 3.8) is 0 Å². The number of aromatic nitrogens is 2. The summed E-state index contributed by atoms with van der Waals surface area (Å²) in [7, 11) is 0. The van der Waals surface area contributed by atoms with E-state index in [1.165, 1.54) is 17.2 Å². The highest BCUT2D eigenvalue weighted by Gasteiger charge is 2.24. The highest BCUT2D eigenvalue weighted by Crippen LogP contribution is 2.20. The van der Waals surface area contributed by atoms with Gasteiger partial charge in [-0.1, -0.05) is 24.3 Å². The van der Waals surface area contributed by atoms with Gasteiger partial charge in [-0.25, -0.2) is 4.98 Å². The predicted octanol–water partition coefficient (Wildman–Crippen LogP) is 1.18. The van der Waals surface area contributed by atoms with Crippen LogP contribution >= 0.6 is 0 Å². The van der Waals surface area contributed by atoms with Gasteiger partial charge in [-0.3, -0.25) is 14.5 Å². The molecule has 0 fully saturated rings. The molecule has 0 saturated carbocycles. The molecule has 1 aromatic carbocycles. The predicted molar refractivity (Wildman–Crippen MR) is 96.3 cm³/mol. The van der Waals surface area contributed by atoms with Gasteiger partial charge < -0.3 is 10.3 Å². The van der Waals surface area contributed by atoms with E-state index in [2.05, 4.69) is 38.4 Å². The van der Waals surface area contributed by atoms with Gasteiger partial charge in [0, 0.05) is 37.8 Å². The number of carbonyl (C=O) groups excluding carboxylic acids is 1. The van der Waals surface area contributed by atoms with Crippen molar-refractivity contribution in [2.75, 3.05) is 13.1 Å². The lowest BCUT2D eigenvalue weighted by Crippen LogP contribution is -2.47. The summed E-state index contributed by atoms with van der Waals surface area (Å²) in [4.78, 5) is 33.0. The molecule has 1 unspecified atom stereocenters. The highest BCUT2D eigenvalue weighted by molar-refractivity contribution is 5.81. The molecular formula is C19H24N4O2. The van der Waals surface area contributed by atoms with E-state index < -0.39 is 0 Å². The van der Waals surface area contributed by atoms with Gasteiger partial charge >= 0.3 is 0 Å². The molecule has 1 atom stereocenters. The molecule has 0 radical (unpaired) electrons. The molecule has 1 aliphatic rings. The minimum absolute atomic E-state index is 0.00869. The molecule has 6 nitrogen and oxygen atoms in total. The molecule has 0 bridgehead atoms. The smallest absolute Gasteiger partial charge is 0.251 e. The number of H-pyrrole nitrogens is 1. The standard InChI is InChI=1S/C19H24N4O2/c1-13-11-18(24)22-17(21-13)7-9-20-19(25)14(2)23-10-8-15-5-3-4-6-16(15)12-23/h3-6,11,14H,7-10,12H2,1-2H3,(H,20,25)(H,21,22,24). The normalized spacial score (nSPS) is 15.4. The summed E-state index contributed by atoms with van der Waals surface area (Å²) in [6.07, 6.45) is 1.49. The van der Waals surface area contributed by atoms with Gasteiger partial charge in [0.25, 0.3) is 5.56 Å². The Bertz CT molecular complexity index is 815. The molecule has 1 aromatic heterocycles. The largest absolute Gasteiger partial charge is 0.354 e. The van der Waals surface area contributed by atoms with Crippen molar-refractivity contribution in [2.24, 2.45) is 0 Å². The van der Waals surface area contributed by atoms with Crippen LogP contribution in [0.15, 0.2) is 35.1 Å². The lowest BCUT2D eigenvalue weighted by atomic mass is 9.99. The summed E-state index contributed by atoms with van der Waals surface area (Å²) in [5.41, 5.74) is 3.20. The summed E-state index contributed by atoms with van der Waals surface area (Å²) in [5, 5.41) is 2.95. The fourth-order valence-corrected chi connectivity index (χ4v) is 3.23. The average Bonchev–Trinajstić information content (AvgIpc) is 2.59. The summed E-state index contributed by atoms with van der Waals surface area (Å²) in [6, 6.07) is 9.67. The maximum absolute atomic E-state index is 12.4. The second-order valence-corrected chi connectivity index (χ2v) is 6.54. The number of rotatable bonds is 5. The second-order valence-electron chi connectivity index (χ2n) is 6.54. The zero-order valence-corrected chi connectivity index (χ0v) is 14.7. The van der Waals surface area contributed by atoms with Gasteiger partial charge in [0.1, 0.15) is 5.82 Å². The molecule has 3 rings (SSSR count). The molecule has 0 spiro atoms. The van der Waals surface area contributed by atoms with Crippen LogP contribution in [0, 0.1) is 6.92 Å². The number of nitrogens with zero attached hydrogens (tertiary/aromatic N) is 2. The van der Waals surface area contributed by atoms with E-state index in [-0.39, 0.29) is 17.5 Å². The lowest BCUT2D eigenvalue weighted by molar-refractivity contribution is -0.126. The molecule has 25 heavy (non-hydrogen) atoms. The Hall–Kier alpha value is -2.47. The molecule has 6 heteroatoms. The van der Waals surface area contributed by atoms with Gasteiger partial charge in [0.15, 0.2) is 0 Å². The lowest BCUT2D eigenvalue weighted by Gasteiger charge is -2.32. The first-order valence-corrected chi connectivity index (χ1v) is 8.68. The second kappa shape index (κ2) is 7.61. The molecule has 1 amide bonds. The van der Waals surface area contributed by atoms with Crippen LogP contribution in [0.1, 0.15) is 29.6 Å². The summed E-state index contributed by atoms with van der Waals surface area (Å²) in [6.45, 7) is 5.87. The number of amides is 1. The first-order chi connectivity index (χ1) is 12.0. The number of benzene rings is 1. The summed E-state index contributed by atoms with van der Waals surface area (Å²) >= 11 is 0. The van der Waals surface area contributed by atoms with Crippen molar-refractivity contribution < 1.29 is 4.79 Å². The van der Waals surface area contributed by atoms with E-state index in [0.29, 0.717) is 24.5 Å². The SMILES string of the molecule is Cc1cc(=O)[nH]c(CCNC(=O)C(C)N2CCc3ccccc3C2)n1. The minimum atomic E-state index is -0.183. The molecule has 2 N–H and O–H groups in total. The third-order valence-electron chi connectivity index (χ3n) is 4.67. The van der Waals surface area contributed by atoms with Crippen LogP contribution in [0.4, 0.5) is 0 Å². The van der Waals surface area contributed by atoms with E-state index in [9.17, 15) is 9.59 Å². The van der Waals surface area contributed by atoms with Crippen LogP contribution < -0.4 is 10.9 Å². The first-order valence-electron chi connectivity index (χ1n) is 8.68. The molecule has 2 heterocycles. The van der Waals surface area contributed by atoms with Crippen LogP contribution in [0.25, 0.3) is 0 Å². The Kier molecular flexibility index (Phi) is 5.28. The van der Waals surface area contributed by atoms with Crippen LogP contribution in [0.2, 0.25) is 0 Å². The quantitative estimate of drug-likeness (QED) is 0.857. The summed E-state index contributed by atoms with van der Waals surface area (Å²) < 4.78 is 0. The Morgan fingerprint density at radius 3 is 2.88 bits per heavy atom. The monoisotopic (exact) mass is 340 g/mol. The van der Waals surface area contributed by atoms with Crippen molar-refractivity contribution in [1.82, 2.24) is 20.2 Å². The van der Waals surface area contributed by atoms with Gasteiger partial charge in [0.2, 0.25) is 5.91 Å². The van der Waals surface area contributed by atoms with E-state index in [1.807, 2.05) is 13.0 Å². The number of aryl methyl sites for hydroxylation is 1. The molecular weight excluding hydrogens is 316 g/mol. The molecule has 132 valence electrons. The third-order valence-corrected chi connectivity index (χ3v) is 4.67. The van der Waals surface area contributed by atoms with Gasteiger partial charge in [-0.05, 0) is 31.4 Å². The zero-order valence-electron chi connectivity index (χ0n) is 14.7. The van der Waals surface area contributed by atoms with Crippen LogP contribution in [0.3, 0.4) is 0 Å². The van der Waals surface area contributed by atoms with Crippen molar-refractivity contribution in [3.05, 3.63) is 63.3 Å². The summed E-state index contributed by atoms with van der Waals surface area (Å²) in [5.74, 6) is 0.610. The van der Waals surface area contributed by atoms with Crippen LogP contribution in [0.5, 0.6) is 0 Å². The Morgan fingerprint density at radius 2 is 2.12 bits per heavy atom. The molecule has 1 aliphatic heterocycles. The van der Waals surface area contributed by atoms with Crippen molar-refractivity contribution in [3.8, 4) is 0 Å². The number of hydrogen-bond donors (Lipinski definition) is 2. The van der Waals surface area contributed by atoms with Crippen molar-refractivity contribution in [2.45, 2.75) is 39.3 Å². The van der Waals surface area contributed by atoms with Crippen LogP contribution in [-0.4, -0.2) is 39.9 Å². The van der Waals surface area contributed by atoms with Gasteiger partial charge in [-0.15, -0.1) is 0 Å². The third kappa shape index (κ3) is 4.33. The number of hydrogen-bond acceptors (Lipinski definition) is 4. The minimum Gasteiger partial charge on any atom is -0.354 e. The van der Waals surface area contributed by atoms with Crippen molar-refractivity contribution >= 4 is 5.91 Å². The number of carbonyl (C=O) groups is 1. The fourth-order valence-electron chi connectivity index (χ4n) is 3.23. The zero-order chi connectivity index (χ0) is 17.8.